The van der Waals surface area contributed by atoms with Gasteiger partial charge in [0.15, 0.2) is 0 Å². The molecule has 0 radical (unpaired) electrons. The van der Waals surface area contributed by atoms with Crippen molar-refractivity contribution in [2.75, 3.05) is 10.6 Å². The zero-order chi connectivity index (χ0) is 15.5. The van der Waals surface area contributed by atoms with Gasteiger partial charge in [0.05, 0.1) is 16.9 Å². The molecule has 0 bridgehead atoms. The molecule has 3 N–H and O–H groups in total. The van der Waals surface area contributed by atoms with Crippen molar-refractivity contribution < 1.29 is 9.18 Å². The van der Waals surface area contributed by atoms with Gasteiger partial charge in [0, 0.05) is 11.7 Å². The lowest BCUT2D eigenvalue weighted by Gasteiger charge is -2.09. The molecule has 7 heteroatoms. The minimum atomic E-state index is -0.466. The first-order chi connectivity index (χ1) is 10.6. The summed E-state index contributed by atoms with van der Waals surface area (Å²) >= 11 is 5.72. The van der Waals surface area contributed by atoms with Crippen LogP contribution in [0.1, 0.15) is 12.8 Å². The molecule has 1 aromatic heterocycles. The Kier molecular flexibility index (Phi) is 4.11. The van der Waals surface area contributed by atoms with E-state index < -0.39 is 5.82 Å². The van der Waals surface area contributed by atoms with Crippen LogP contribution in [0, 0.1) is 5.82 Å². The number of carbonyl (C=O) groups is 1. The fourth-order valence-electron chi connectivity index (χ4n) is 1.85. The number of halogens is 2. The summed E-state index contributed by atoms with van der Waals surface area (Å²) in [5, 5.41) is 8.58. The van der Waals surface area contributed by atoms with Crippen LogP contribution < -0.4 is 16.0 Å². The quantitative estimate of drug-likeness (QED) is 0.800. The van der Waals surface area contributed by atoms with E-state index in [1.54, 1.807) is 24.4 Å². The summed E-state index contributed by atoms with van der Waals surface area (Å²) in [6.07, 6.45) is 3.64. The summed E-state index contributed by atoms with van der Waals surface area (Å²) < 4.78 is 13.1. The summed E-state index contributed by atoms with van der Waals surface area (Å²) in [6, 6.07) is 7.85. The van der Waals surface area contributed by atoms with Gasteiger partial charge in [-0.3, -0.25) is 5.32 Å². The second-order valence-electron chi connectivity index (χ2n) is 5.06. The Morgan fingerprint density at radius 3 is 2.64 bits per heavy atom. The van der Waals surface area contributed by atoms with Gasteiger partial charge in [0.25, 0.3) is 0 Å². The molecule has 114 valence electrons. The summed E-state index contributed by atoms with van der Waals surface area (Å²) in [7, 11) is 0. The number of rotatable bonds is 4. The Balaban J connectivity index is 1.60. The van der Waals surface area contributed by atoms with Gasteiger partial charge in [0.1, 0.15) is 11.6 Å². The summed E-state index contributed by atoms with van der Waals surface area (Å²) in [5.74, 6) is -0.00703. The van der Waals surface area contributed by atoms with Crippen LogP contribution in [0.2, 0.25) is 5.02 Å². The lowest BCUT2D eigenvalue weighted by molar-refractivity contribution is 0.251. The lowest BCUT2D eigenvalue weighted by atomic mass is 10.3. The van der Waals surface area contributed by atoms with Gasteiger partial charge in [0.2, 0.25) is 0 Å². The van der Waals surface area contributed by atoms with E-state index in [1.165, 1.54) is 12.1 Å². The number of anilines is 3. The fraction of sp³-hybridized carbons (Fsp3) is 0.200. The van der Waals surface area contributed by atoms with Gasteiger partial charge in [-0.25, -0.2) is 14.2 Å². The Morgan fingerprint density at radius 1 is 1.23 bits per heavy atom. The van der Waals surface area contributed by atoms with Crippen molar-refractivity contribution in [3.8, 4) is 0 Å². The largest absolute Gasteiger partial charge is 0.354 e. The Hall–Kier alpha value is -2.34. The average molecular weight is 321 g/mol. The Labute approximate surface area is 131 Å². The van der Waals surface area contributed by atoms with Gasteiger partial charge >= 0.3 is 6.03 Å². The van der Waals surface area contributed by atoms with Crippen LogP contribution in [0.15, 0.2) is 36.5 Å². The monoisotopic (exact) mass is 320 g/mol. The molecular formula is C15H14ClFN4O. The number of aromatic nitrogens is 1. The van der Waals surface area contributed by atoms with Crippen LogP contribution >= 0.6 is 11.6 Å². The molecule has 0 aliphatic heterocycles. The fourth-order valence-corrected chi connectivity index (χ4v) is 2.03. The highest BCUT2D eigenvalue weighted by atomic mass is 35.5. The first-order valence-corrected chi connectivity index (χ1v) is 7.23. The number of carbonyl (C=O) groups excluding carboxylic acids is 1. The molecule has 22 heavy (non-hydrogen) atoms. The Morgan fingerprint density at radius 2 is 2.00 bits per heavy atom. The van der Waals surface area contributed by atoms with Gasteiger partial charge < -0.3 is 10.6 Å². The number of nitrogens with zero attached hydrogens (tertiary/aromatic N) is 1. The smallest absolute Gasteiger partial charge is 0.320 e. The summed E-state index contributed by atoms with van der Waals surface area (Å²) in [5.41, 5.74) is 1.36. The third-order valence-corrected chi connectivity index (χ3v) is 3.42. The number of amides is 2. The van der Waals surface area contributed by atoms with E-state index in [9.17, 15) is 9.18 Å². The van der Waals surface area contributed by atoms with E-state index in [4.69, 9.17) is 11.6 Å². The molecule has 0 unspecified atom stereocenters. The van der Waals surface area contributed by atoms with Crippen LogP contribution in [-0.4, -0.2) is 17.1 Å². The molecule has 1 aliphatic rings. The number of urea groups is 1. The van der Waals surface area contributed by atoms with Crippen LogP contribution in [0.4, 0.5) is 26.4 Å². The third kappa shape index (κ3) is 3.85. The van der Waals surface area contributed by atoms with E-state index in [0.29, 0.717) is 23.2 Å². The molecule has 0 atom stereocenters. The van der Waals surface area contributed by atoms with Crippen molar-refractivity contribution in [2.24, 2.45) is 0 Å². The molecule has 1 fully saturated rings. The van der Waals surface area contributed by atoms with Crippen molar-refractivity contribution in [3.05, 3.63) is 47.4 Å². The van der Waals surface area contributed by atoms with E-state index in [1.807, 2.05) is 0 Å². The van der Waals surface area contributed by atoms with E-state index >= 15 is 0 Å². The number of hydrogen-bond donors (Lipinski definition) is 3. The van der Waals surface area contributed by atoms with Crippen molar-refractivity contribution in [1.82, 2.24) is 10.3 Å². The highest BCUT2D eigenvalue weighted by Gasteiger charge is 2.23. The molecule has 0 saturated heterocycles. The zero-order valence-corrected chi connectivity index (χ0v) is 12.3. The van der Waals surface area contributed by atoms with Crippen molar-refractivity contribution >= 4 is 34.8 Å². The number of hydrogen-bond acceptors (Lipinski definition) is 3. The topological polar surface area (TPSA) is 66.0 Å². The first-order valence-electron chi connectivity index (χ1n) is 6.86. The summed E-state index contributed by atoms with van der Waals surface area (Å²) in [6.45, 7) is 0. The lowest BCUT2D eigenvalue weighted by Crippen LogP contribution is -2.30. The SMILES string of the molecule is O=C(Nc1ccc(Nc2ccc(F)c(Cl)c2)cn1)NC1CC1. The molecule has 1 saturated carbocycles. The second-order valence-corrected chi connectivity index (χ2v) is 5.47. The summed E-state index contributed by atoms with van der Waals surface area (Å²) in [4.78, 5) is 15.7. The van der Waals surface area contributed by atoms with Crippen molar-refractivity contribution in [3.63, 3.8) is 0 Å². The number of benzene rings is 1. The van der Waals surface area contributed by atoms with Gasteiger partial charge in [-0.2, -0.15) is 0 Å². The molecule has 3 rings (SSSR count). The molecule has 1 aliphatic carbocycles. The molecule has 2 amide bonds. The minimum absolute atomic E-state index is 0.0491. The van der Waals surface area contributed by atoms with Crippen LogP contribution in [0.5, 0.6) is 0 Å². The average Bonchev–Trinajstić information content (AvgIpc) is 3.29. The van der Waals surface area contributed by atoms with E-state index in [-0.39, 0.29) is 11.1 Å². The molecule has 1 aromatic carbocycles. The zero-order valence-electron chi connectivity index (χ0n) is 11.6. The predicted molar refractivity (Wildman–Crippen MR) is 84.1 cm³/mol. The molecular weight excluding hydrogens is 307 g/mol. The number of pyridine rings is 1. The molecule has 1 heterocycles. The highest BCUT2D eigenvalue weighted by molar-refractivity contribution is 6.31. The van der Waals surface area contributed by atoms with Crippen LogP contribution in [-0.2, 0) is 0 Å². The normalized spacial score (nSPS) is 13.5. The number of nitrogens with one attached hydrogen (secondary N) is 3. The van der Waals surface area contributed by atoms with Gasteiger partial charge in [-0.05, 0) is 43.2 Å². The maximum atomic E-state index is 13.1. The maximum absolute atomic E-state index is 13.1. The van der Waals surface area contributed by atoms with Gasteiger partial charge in [-0.1, -0.05) is 11.6 Å². The molecule has 2 aromatic rings. The molecule has 0 spiro atoms. The van der Waals surface area contributed by atoms with Crippen LogP contribution in [0.25, 0.3) is 0 Å². The second kappa shape index (κ2) is 6.19. The van der Waals surface area contributed by atoms with Crippen LogP contribution in [0.3, 0.4) is 0 Å². The van der Waals surface area contributed by atoms with Gasteiger partial charge in [-0.15, -0.1) is 0 Å². The minimum Gasteiger partial charge on any atom is -0.354 e. The van der Waals surface area contributed by atoms with E-state index in [2.05, 4.69) is 20.9 Å². The first kappa shape index (κ1) is 14.6. The Bertz CT molecular complexity index is 688. The highest BCUT2D eigenvalue weighted by Crippen LogP contribution is 2.23. The van der Waals surface area contributed by atoms with Crippen molar-refractivity contribution in [1.29, 1.82) is 0 Å². The molecule has 5 nitrogen and oxygen atoms in total. The standard InChI is InChI=1S/C15H14ClFN4O/c16-12-7-10(3-5-13(12)17)19-11-4-6-14(18-8-11)21-15(22)20-9-1-2-9/h3-9,19H,1-2H2,(H2,18,20,21,22). The maximum Gasteiger partial charge on any atom is 0.320 e. The predicted octanol–water partition coefficient (Wildman–Crippen LogP) is 3.90. The van der Waals surface area contributed by atoms with Crippen molar-refractivity contribution in [2.45, 2.75) is 18.9 Å². The van der Waals surface area contributed by atoms with E-state index in [0.717, 1.165) is 12.8 Å². The third-order valence-electron chi connectivity index (χ3n) is 3.13.